The summed E-state index contributed by atoms with van der Waals surface area (Å²) in [6, 6.07) is 11.4. The first-order valence-corrected chi connectivity index (χ1v) is 10.4. The van der Waals surface area contributed by atoms with Crippen LogP contribution in [0.15, 0.2) is 53.2 Å². The molecule has 1 saturated carbocycles. The smallest absolute Gasteiger partial charge is 0.251 e. The molecule has 148 valence electrons. The SMILES string of the molecule is O=C(NCCc1cn2ccccc2n1)c1ccc2nc(C3CCCCC3)oc2c1. The summed E-state index contributed by atoms with van der Waals surface area (Å²) in [5.41, 5.74) is 3.99. The fourth-order valence-corrected chi connectivity index (χ4v) is 4.12. The summed E-state index contributed by atoms with van der Waals surface area (Å²) < 4.78 is 7.99. The molecular formula is C23H24N4O2. The molecular weight excluding hydrogens is 364 g/mol. The second-order valence-electron chi connectivity index (χ2n) is 7.77. The molecule has 29 heavy (non-hydrogen) atoms. The van der Waals surface area contributed by atoms with Crippen LogP contribution in [-0.4, -0.2) is 26.8 Å². The van der Waals surface area contributed by atoms with Gasteiger partial charge in [0.25, 0.3) is 5.91 Å². The third-order valence-electron chi connectivity index (χ3n) is 5.70. The second kappa shape index (κ2) is 7.70. The topological polar surface area (TPSA) is 72.4 Å². The van der Waals surface area contributed by atoms with Gasteiger partial charge in [-0.1, -0.05) is 25.3 Å². The average molecular weight is 388 g/mol. The van der Waals surface area contributed by atoms with E-state index in [1.165, 1.54) is 19.3 Å². The molecule has 1 aliphatic rings. The van der Waals surface area contributed by atoms with E-state index in [-0.39, 0.29) is 5.91 Å². The van der Waals surface area contributed by atoms with Crippen molar-refractivity contribution < 1.29 is 9.21 Å². The second-order valence-corrected chi connectivity index (χ2v) is 7.77. The number of amides is 1. The van der Waals surface area contributed by atoms with Gasteiger partial charge in [0.15, 0.2) is 11.5 Å². The van der Waals surface area contributed by atoms with Gasteiger partial charge in [0, 0.05) is 36.8 Å². The number of rotatable bonds is 5. The molecule has 0 aliphatic heterocycles. The molecule has 1 fully saturated rings. The van der Waals surface area contributed by atoms with Crippen LogP contribution in [0.5, 0.6) is 0 Å². The largest absolute Gasteiger partial charge is 0.440 e. The van der Waals surface area contributed by atoms with Crippen molar-refractivity contribution in [2.24, 2.45) is 0 Å². The number of benzene rings is 1. The Bertz CT molecular complexity index is 1120. The van der Waals surface area contributed by atoms with Crippen LogP contribution < -0.4 is 5.32 Å². The maximum atomic E-state index is 12.6. The maximum Gasteiger partial charge on any atom is 0.251 e. The predicted molar refractivity (Wildman–Crippen MR) is 111 cm³/mol. The Labute approximate surface area is 169 Å². The molecule has 1 aliphatic carbocycles. The first kappa shape index (κ1) is 17.9. The standard InChI is InChI=1S/C23H24N4O2/c28-22(24-12-11-18-15-27-13-5-4-8-21(27)25-18)17-9-10-19-20(14-17)29-23(26-19)16-6-2-1-3-7-16/h4-5,8-10,13-16H,1-3,6-7,11-12H2,(H,24,28). The van der Waals surface area contributed by atoms with Crippen LogP contribution in [0.2, 0.25) is 0 Å². The number of fused-ring (bicyclic) bond motifs is 2. The third-order valence-corrected chi connectivity index (χ3v) is 5.70. The van der Waals surface area contributed by atoms with Gasteiger partial charge in [-0.15, -0.1) is 0 Å². The van der Waals surface area contributed by atoms with Crippen molar-refractivity contribution in [3.05, 3.63) is 65.9 Å². The van der Waals surface area contributed by atoms with Crippen molar-refractivity contribution in [3.8, 4) is 0 Å². The summed E-state index contributed by atoms with van der Waals surface area (Å²) in [5, 5.41) is 2.98. The Hall–Kier alpha value is -3.15. The molecule has 1 amide bonds. The van der Waals surface area contributed by atoms with E-state index in [1.54, 1.807) is 6.07 Å². The summed E-state index contributed by atoms with van der Waals surface area (Å²) >= 11 is 0. The number of hydrogen-bond acceptors (Lipinski definition) is 4. The Balaban J connectivity index is 1.24. The van der Waals surface area contributed by atoms with E-state index in [2.05, 4.69) is 15.3 Å². The molecule has 4 aromatic rings. The molecule has 0 radical (unpaired) electrons. The number of pyridine rings is 1. The van der Waals surface area contributed by atoms with E-state index in [9.17, 15) is 4.79 Å². The molecule has 6 heteroatoms. The Morgan fingerprint density at radius 3 is 2.90 bits per heavy atom. The van der Waals surface area contributed by atoms with Crippen LogP contribution >= 0.6 is 0 Å². The van der Waals surface area contributed by atoms with Gasteiger partial charge in [-0.05, 0) is 43.2 Å². The van der Waals surface area contributed by atoms with Gasteiger partial charge in [0.1, 0.15) is 11.2 Å². The molecule has 0 saturated heterocycles. The lowest BCUT2D eigenvalue weighted by molar-refractivity contribution is 0.0954. The summed E-state index contributed by atoms with van der Waals surface area (Å²) in [6.07, 6.45) is 10.7. The van der Waals surface area contributed by atoms with Crippen LogP contribution in [0.1, 0.15) is 60.0 Å². The van der Waals surface area contributed by atoms with E-state index in [0.717, 1.165) is 35.6 Å². The average Bonchev–Trinajstić information content (AvgIpc) is 3.37. The summed E-state index contributed by atoms with van der Waals surface area (Å²) in [6.45, 7) is 0.532. The van der Waals surface area contributed by atoms with E-state index in [1.807, 2.05) is 47.1 Å². The lowest BCUT2D eigenvalue weighted by atomic mass is 9.89. The van der Waals surface area contributed by atoms with E-state index < -0.39 is 0 Å². The first-order valence-electron chi connectivity index (χ1n) is 10.4. The molecule has 0 atom stereocenters. The van der Waals surface area contributed by atoms with Gasteiger partial charge in [-0.3, -0.25) is 4.79 Å². The zero-order valence-corrected chi connectivity index (χ0v) is 16.3. The minimum atomic E-state index is -0.105. The summed E-state index contributed by atoms with van der Waals surface area (Å²) in [4.78, 5) is 21.8. The molecule has 0 unspecified atom stereocenters. The van der Waals surface area contributed by atoms with Crippen LogP contribution in [0, 0.1) is 0 Å². The zero-order chi connectivity index (χ0) is 19.6. The molecule has 1 N–H and O–H groups in total. The quantitative estimate of drug-likeness (QED) is 0.546. The van der Waals surface area contributed by atoms with Crippen LogP contribution in [0.25, 0.3) is 16.7 Å². The highest BCUT2D eigenvalue weighted by molar-refractivity contribution is 5.97. The van der Waals surface area contributed by atoms with Gasteiger partial charge in [-0.25, -0.2) is 9.97 Å². The molecule has 6 nitrogen and oxygen atoms in total. The predicted octanol–water partition coefficient (Wildman–Crippen LogP) is 4.50. The summed E-state index contributed by atoms with van der Waals surface area (Å²) in [5.74, 6) is 1.13. The van der Waals surface area contributed by atoms with Gasteiger partial charge < -0.3 is 14.1 Å². The Morgan fingerprint density at radius 2 is 2.03 bits per heavy atom. The number of aromatic nitrogens is 3. The molecule has 0 spiro atoms. The van der Waals surface area contributed by atoms with Gasteiger partial charge in [-0.2, -0.15) is 0 Å². The first-order chi connectivity index (χ1) is 14.3. The van der Waals surface area contributed by atoms with Crippen molar-refractivity contribution >= 4 is 22.7 Å². The van der Waals surface area contributed by atoms with Gasteiger partial charge >= 0.3 is 0 Å². The van der Waals surface area contributed by atoms with Crippen LogP contribution in [0.3, 0.4) is 0 Å². The lowest BCUT2D eigenvalue weighted by Gasteiger charge is -2.17. The molecule has 3 aromatic heterocycles. The fraction of sp³-hybridized carbons (Fsp3) is 0.348. The monoisotopic (exact) mass is 388 g/mol. The highest BCUT2D eigenvalue weighted by atomic mass is 16.3. The van der Waals surface area contributed by atoms with Crippen molar-refractivity contribution in [1.29, 1.82) is 0 Å². The maximum absolute atomic E-state index is 12.6. The minimum absolute atomic E-state index is 0.105. The van der Waals surface area contributed by atoms with E-state index in [0.29, 0.717) is 30.0 Å². The molecule has 5 rings (SSSR count). The number of oxazole rings is 1. The number of nitrogens with one attached hydrogen (secondary N) is 1. The third kappa shape index (κ3) is 3.75. The molecule has 1 aromatic carbocycles. The number of carbonyl (C=O) groups excluding carboxylic acids is 1. The van der Waals surface area contributed by atoms with E-state index in [4.69, 9.17) is 4.42 Å². The molecule has 0 bridgehead atoms. The van der Waals surface area contributed by atoms with Gasteiger partial charge in [0.2, 0.25) is 0 Å². The Morgan fingerprint density at radius 1 is 1.14 bits per heavy atom. The molecule has 3 heterocycles. The van der Waals surface area contributed by atoms with Crippen LogP contribution in [-0.2, 0) is 6.42 Å². The minimum Gasteiger partial charge on any atom is -0.440 e. The summed E-state index contributed by atoms with van der Waals surface area (Å²) in [7, 11) is 0. The normalized spacial score (nSPS) is 15.2. The number of hydrogen-bond donors (Lipinski definition) is 1. The number of carbonyl (C=O) groups is 1. The highest BCUT2D eigenvalue weighted by Crippen LogP contribution is 2.33. The van der Waals surface area contributed by atoms with Crippen LogP contribution in [0.4, 0.5) is 0 Å². The number of nitrogens with zero attached hydrogens (tertiary/aromatic N) is 3. The van der Waals surface area contributed by atoms with E-state index >= 15 is 0 Å². The number of imidazole rings is 1. The zero-order valence-electron chi connectivity index (χ0n) is 16.3. The van der Waals surface area contributed by atoms with Crippen molar-refractivity contribution in [1.82, 2.24) is 19.7 Å². The van der Waals surface area contributed by atoms with Crippen molar-refractivity contribution in [2.45, 2.75) is 44.4 Å². The van der Waals surface area contributed by atoms with Gasteiger partial charge in [0.05, 0.1) is 5.69 Å². The highest BCUT2D eigenvalue weighted by Gasteiger charge is 2.21. The fourth-order valence-electron chi connectivity index (χ4n) is 4.12. The Kier molecular flexibility index (Phi) is 4.76. The van der Waals surface area contributed by atoms with Crippen molar-refractivity contribution in [3.63, 3.8) is 0 Å². The van der Waals surface area contributed by atoms with Crippen molar-refractivity contribution in [2.75, 3.05) is 6.54 Å². The lowest BCUT2D eigenvalue weighted by Crippen LogP contribution is -2.25.